The van der Waals surface area contributed by atoms with E-state index in [9.17, 15) is 38.4 Å². The van der Waals surface area contributed by atoms with Crippen molar-refractivity contribution in [1.82, 2.24) is 4.90 Å². The van der Waals surface area contributed by atoms with Crippen molar-refractivity contribution in [3.05, 3.63) is 70.5 Å². The number of hydrogen-bond donors (Lipinski definition) is 4. The Morgan fingerprint density at radius 3 is 2.47 bits per heavy atom. The third kappa shape index (κ3) is 5.44. The van der Waals surface area contributed by atoms with E-state index in [0.717, 1.165) is 37.8 Å². The molecule has 0 aliphatic heterocycles. The molecule has 0 amide bonds. The molecule has 2 bridgehead atoms. The molecule has 0 radical (unpaired) electrons. The maximum Gasteiger partial charge on any atom is 0.416 e. The van der Waals surface area contributed by atoms with Crippen LogP contribution in [0.3, 0.4) is 0 Å². The van der Waals surface area contributed by atoms with Crippen molar-refractivity contribution in [1.29, 1.82) is 0 Å². The van der Waals surface area contributed by atoms with Crippen molar-refractivity contribution in [2.24, 2.45) is 33.5 Å². The molecule has 6 aliphatic rings. The summed E-state index contributed by atoms with van der Waals surface area (Å²) in [5.74, 6) is -0.371. The highest BCUT2D eigenvalue weighted by Crippen LogP contribution is 2.78. The molecule has 8 rings (SSSR count). The Kier molecular flexibility index (Phi) is 9.08. The summed E-state index contributed by atoms with van der Waals surface area (Å²) in [6.45, 7) is 7.33. The van der Waals surface area contributed by atoms with Gasteiger partial charge in [0, 0.05) is 40.5 Å². The number of nitrogens with zero attached hydrogens (tertiary/aromatic N) is 1. The van der Waals surface area contributed by atoms with E-state index in [1.54, 1.807) is 0 Å². The molecule has 1 aromatic heterocycles. The van der Waals surface area contributed by atoms with Crippen molar-refractivity contribution in [2.45, 2.75) is 96.1 Å². The van der Waals surface area contributed by atoms with Crippen LogP contribution in [0.4, 0.5) is 13.2 Å². The minimum absolute atomic E-state index is 0.000844. The number of hydrogen-bond acceptors (Lipinski definition) is 7. The van der Waals surface area contributed by atoms with Crippen molar-refractivity contribution in [2.75, 3.05) is 26.2 Å². The van der Waals surface area contributed by atoms with Gasteiger partial charge in [0.15, 0.2) is 5.76 Å². The Morgan fingerprint density at radius 2 is 1.76 bits per heavy atom. The fraction of sp³-hybridized carbons (Fsp3) is 0.625. The molecule has 51 heavy (non-hydrogen) atoms. The highest BCUT2D eigenvalue weighted by molar-refractivity contribution is 6.33. The third-order valence-electron chi connectivity index (χ3n) is 14.1. The molecule has 278 valence electrons. The van der Waals surface area contributed by atoms with Crippen molar-refractivity contribution >= 4 is 17.4 Å². The van der Waals surface area contributed by atoms with Gasteiger partial charge >= 0.3 is 6.18 Å². The van der Waals surface area contributed by atoms with E-state index in [4.69, 9.17) is 16.0 Å². The predicted octanol–water partition coefficient (Wildman–Crippen LogP) is 7.46. The van der Waals surface area contributed by atoms with E-state index < -0.39 is 45.8 Å². The van der Waals surface area contributed by atoms with Gasteiger partial charge in [0.2, 0.25) is 5.78 Å². The number of alkyl halides is 3. The summed E-state index contributed by atoms with van der Waals surface area (Å²) in [7, 11) is 0. The third-order valence-corrected chi connectivity index (χ3v) is 14.4. The highest BCUT2D eigenvalue weighted by atomic mass is 35.5. The first-order valence-corrected chi connectivity index (χ1v) is 18.7. The summed E-state index contributed by atoms with van der Waals surface area (Å²) in [6, 6.07) is 5.99. The average molecular weight is 732 g/mol. The van der Waals surface area contributed by atoms with E-state index in [-0.39, 0.29) is 58.3 Å². The van der Waals surface area contributed by atoms with Crippen LogP contribution in [0.1, 0.15) is 88.3 Å². The van der Waals surface area contributed by atoms with E-state index in [2.05, 4.69) is 32.1 Å². The molecule has 9 unspecified atom stereocenters. The first kappa shape index (κ1) is 36.9. The predicted molar refractivity (Wildman–Crippen MR) is 187 cm³/mol. The Balaban J connectivity index is 1.31. The topological polar surface area (TPSA) is 114 Å². The molecule has 4 N–H and O–H groups in total. The molecule has 11 heteroatoms. The van der Waals surface area contributed by atoms with Crippen molar-refractivity contribution < 1.29 is 42.8 Å². The van der Waals surface area contributed by atoms with Gasteiger partial charge in [-0.05, 0) is 105 Å². The maximum absolute atomic E-state index is 14.9. The second-order valence-electron chi connectivity index (χ2n) is 16.6. The van der Waals surface area contributed by atoms with Gasteiger partial charge in [-0.25, -0.2) is 0 Å². The number of carbonyl (C=O) groups is 1. The van der Waals surface area contributed by atoms with Crippen LogP contribution in [0.5, 0.6) is 0 Å². The zero-order valence-electron chi connectivity index (χ0n) is 29.5. The molecular weight excluding hydrogens is 683 g/mol. The fourth-order valence-electron chi connectivity index (χ4n) is 11.5. The van der Waals surface area contributed by atoms with Crippen LogP contribution in [0.15, 0.2) is 58.6 Å². The van der Waals surface area contributed by atoms with Gasteiger partial charge in [-0.2, -0.15) is 13.2 Å². The number of benzene rings is 1. The van der Waals surface area contributed by atoms with Gasteiger partial charge in [-0.1, -0.05) is 50.6 Å². The van der Waals surface area contributed by atoms with Gasteiger partial charge < -0.3 is 24.8 Å². The first-order chi connectivity index (χ1) is 24.0. The lowest BCUT2D eigenvalue weighted by Gasteiger charge is -2.71. The number of carbonyl (C=O) groups excluding carboxylic acids is 1. The highest BCUT2D eigenvalue weighted by Gasteiger charge is 2.74. The number of aliphatic hydroxyl groups is 4. The standard InChI is InChI=1S/C40H49ClF3NO6/c1-4-17-45(21-26(48)22-46)23-38(50)14-11-33-36(38,3)13-10-32-35(2)12-9-25(47)19-37(35)15-16-39(32,33)28(20-37)34(49)31-8-7-30(51-31)27-18-24(40(42,43)44)5-6-29(27)41/h5-8,15-16,18,20,25-26,32-33,46-48,50H,4,9-14,17,19,21-23H2,1-3H3. The molecular formula is C40H49ClF3NO6. The van der Waals surface area contributed by atoms with Crippen molar-refractivity contribution in [3.8, 4) is 11.3 Å². The van der Waals surface area contributed by atoms with E-state index in [1.165, 1.54) is 18.2 Å². The number of halogens is 4. The van der Waals surface area contributed by atoms with Crippen LogP contribution in [-0.2, 0) is 6.18 Å². The van der Waals surface area contributed by atoms with Crippen LogP contribution in [0, 0.1) is 33.5 Å². The SMILES string of the molecule is CCCN(CC(O)CO)CC1(O)CCC2C34C=CC5(C=C3C(=O)c3ccc(-c6cc(C(F)(F)F)ccc6Cl)o3)CC(O)CCC5(C)C4CCC21C. The molecule has 0 saturated heterocycles. The number of allylic oxidation sites excluding steroid dienone is 4. The van der Waals surface area contributed by atoms with Gasteiger partial charge in [-0.15, -0.1) is 0 Å². The summed E-state index contributed by atoms with van der Waals surface area (Å²) in [5.41, 5.74) is -3.57. The smallest absolute Gasteiger partial charge is 0.416 e. The average Bonchev–Trinajstić information content (AvgIpc) is 3.66. The van der Waals surface area contributed by atoms with Gasteiger partial charge in [0.05, 0.1) is 35.0 Å². The summed E-state index contributed by atoms with van der Waals surface area (Å²) < 4.78 is 46.9. The van der Waals surface area contributed by atoms with Crippen LogP contribution < -0.4 is 0 Å². The van der Waals surface area contributed by atoms with E-state index in [0.29, 0.717) is 44.3 Å². The van der Waals surface area contributed by atoms with E-state index >= 15 is 0 Å². The van der Waals surface area contributed by atoms with Crippen molar-refractivity contribution in [3.63, 3.8) is 0 Å². The monoisotopic (exact) mass is 731 g/mol. The minimum atomic E-state index is -4.59. The summed E-state index contributed by atoms with van der Waals surface area (Å²) in [5, 5.41) is 43.7. The molecule has 9 atom stereocenters. The fourth-order valence-corrected chi connectivity index (χ4v) is 11.7. The molecule has 6 aliphatic carbocycles. The lowest BCUT2D eigenvalue weighted by Crippen LogP contribution is -2.67. The molecule has 1 aromatic carbocycles. The molecule has 3 saturated carbocycles. The Labute approximate surface area is 302 Å². The quantitative estimate of drug-likeness (QED) is 0.148. The maximum atomic E-state index is 14.9. The van der Waals surface area contributed by atoms with Crippen LogP contribution in [-0.4, -0.2) is 75.2 Å². The molecule has 7 nitrogen and oxygen atoms in total. The van der Waals surface area contributed by atoms with Gasteiger partial charge in [0.1, 0.15) is 5.76 Å². The number of aliphatic hydroxyl groups excluding tert-OH is 3. The molecule has 2 aromatic rings. The van der Waals surface area contributed by atoms with E-state index in [1.807, 2.05) is 11.8 Å². The number of ketones is 1. The van der Waals surface area contributed by atoms with Crippen LogP contribution in [0.2, 0.25) is 5.02 Å². The zero-order chi connectivity index (χ0) is 36.8. The largest absolute Gasteiger partial charge is 0.453 e. The van der Waals surface area contributed by atoms with Gasteiger partial charge in [0.25, 0.3) is 0 Å². The first-order valence-electron chi connectivity index (χ1n) is 18.3. The minimum Gasteiger partial charge on any atom is -0.453 e. The Bertz CT molecular complexity index is 1760. The second-order valence-corrected chi connectivity index (χ2v) is 17.0. The lowest BCUT2D eigenvalue weighted by atomic mass is 9.32. The summed E-state index contributed by atoms with van der Waals surface area (Å²) in [6.07, 6.45) is 5.87. The summed E-state index contributed by atoms with van der Waals surface area (Å²) >= 11 is 6.35. The Hall–Kier alpha value is -2.47. The number of Topliss-reactive ketones (excluding diaryl/α,β-unsaturated/α-hetero) is 1. The molecule has 2 spiro atoms. The number of fused-ring (bicyclic) bond motifs is 1. The number of furan rings is 1. The normalized spacial score (nSPS) is 37.6. The molecule has 3 fully saturated rings. The zero-order valence-corrected chi connectivity index (χ0v) is 30.2. The lowest BCUT2D eigenvalue weighted by molar-refractivity contribution is -0.177. The Morgan fingerprint density at radius 1 is 1.06 bits per heavy atom. The second kappa shape index (κ2) is 12.6. The number of rotatable bonds is 10. The van der Waals surface area contributed by atoms with Crippen LogP contribution in [0.25, 0.3) is 11.3 Å². The summed E-state index contributed by atoms with van der Waals surface area (Å²) in [4.78, 5) is 17.0. The van der Waals surface area contributed by atoms with Crippen LogP contribution >= 0.6 is 11.6 Å². The molecule has 1 heterocycles. The van der Waals surface area contributed by atoms with Gasteiger partial charge in [-0.3, -0.25) is 9.69 Å².